The summed E-state index contributed by atoms with van der Waals surface area (Å²) in [5, 5.41) is 0. The lowest BCUT2D eigenvalue weighted by Crippen LogP contribution is -2.34. The zero-order chi connectivity index (χ0) is 13.0. The van der Waals surface area contributed by atoms with Gasteiger partial charge in [0.1, 0.15) is 0 Å². The maximum Gasteiger partial charge on any atom is 0.0622 e. The molecule has 1 fully saturated rings. The Labute approximate surface area is 110 Å². The van der Waals surface area contributed by atoms with Crippen molar-refractivity contribution in [2.45, 2.75) is 31.8 Å². The number of hydrogen-bond donors (Lipinski definition) is 1. The average Bonchev–Trinajstić information content (AvgIpc) is 2.89. The first-order valence-corrected chi connectivity index (χ1v) is 6.77. The topological polar surface area (TPSA) is 38.5 Å². The molecule has 0 saturated carbocycles. The summed E-state index contributed by atoms with van der Waals surface area (Å²) in [4.78, 5) is 2.38. The molecule has 18 heavy (non-hydrogen) atoms. The quantitative estimate of drug-likeness (QED) is 0.867. The fourth-order valence-electron chi connectivity index (χ4n) is 2.46. The van der Waals surface area contributed by atoms with Crippen molar-refractivity contribution < 1.29 is 4.74 Å². The molecule has 3 heteroatoms. The van der Waals surface area contributed by atoms with Crippen LogP contribution in [0, 0.1) is 6.92 Å². The third-order valence-electron chi connectivity index (χ3n) is 3.79. The third kappa shape index (κ3) is 3.55. The smallest absolute Gasteiger partial charge is 0.0622 e. The van der Waals surface area contributed by atoms with Gasteiger partial charge in [0.15, 0.2) is 0 Å². The molecule has 0 aromatic heterocycles. The van der Waals surface area contributed by atoms with Crippen molar-refractivity contribution in [1.29, 1.82) is 0 Å². The molecule has 2 N–H and O–H groups in total. The molecule has 1 aliphatic rings. The molecule has 2 unspecified atom stereocenters. The molecule has 1 aromatic carbocycles. The lowest BCUT2D eigenvalue weighted by molar-refractivity contribution is 0.157. The molecule has 2 rings (SSSR count). The molecule has 1 saturated heterocycles. The summed E-state index contributed by atoms with van der Waals surface area (Å²) in [5.74, 6) is 0. The molecule has 1 heterocycles. The number of hydrogen-bond acceptors (Lipinski definition) is 3. The van der Waals surface area contributed by atoms with Gasteiger partial charge >= 0.3 is 0 Å². The van der Waals surface area contributed by atoms with Crippen LogP contribution in [-0.2, 0) is 4.74 Å². The predicted molar refractivity (Wildman–Crippen MR) is 74.6 cm³/mol. The molecule has 2 atom stereocenters. The van der Waals surface area contributed by atoms with Crippen molar-refractivity contribution in [3.63, 3.8) is 0 Å². The Morgan fingerprint density at radius 2 is 2.33 bits per heavy atom. The van der Waals surface area contributed by atoms with Gasteiger partial charge in [0.25, 0.3) is 0 Å². The number of rotatable bonds is 5. The standard InChI is InChI=1S/C15H24N2O/c1-12-4-3-5-13(10-12)15(16)6-8-17(2)14-7-9-18-11-14/h3-5,10,14-15H,6-9,11,16H2,1-2H3. The summed E-state index contributed by atoms with van der Waals surface area (Å²) in [6, 6.07) is 9.21. The van der Waals surface area contributed by atoms with Crippen LogP contribution in [0.25, 0.3) is 0 Å². The van der Waals surface area contributed by atoms with Crippen LogP contribution < -0.4 is 5.73 Å². The number of ether oxygens (including phenoxy) is 1. The van der Waals surface area contributed by atoms with Crippen LogP contribution in [0.4, 0.5) is 0 Å². The molecule has 0 aliphatic carbocycles. The minimum atomic E-state index is 0.134. The number of aryl methyl sites for hydroxylation is 1. The summed E-state index contributed by atoms with van der Waals surface area (Å²) in [7, 11) is 2.17. The van der Waals surface area contributed by atoms with E-state index in [9.17, 15) is 0 Å². The Hall–Kier alpha value is -0.900. The van der Waals surface area contributed by atoms with Gasteiger partial charge in [-0.15, -0.1) is 0 Å². The first-order valence-electron chi connectivity index (χ1n) is 6.77. The monoisotopic (exact) mass is 248 g/mol. The normalized spacial score (nSPS) is 21.4. The van der Waals surface area contributed by atoms with Crippen molar-refractivity contribution in [2.75, 3.05) is 26.8 Å². The van der Waals surface area contributed by atoms with Crippen LogP contribution in [0.5, 0.6) is 0 Å². The fourth-order valence-corrected chi connectivity index (χ4v) is 2.46. The average molecular weight is 248 g/mol. The van der Waals surface area contributed by atoms with Gasteiger partial charge in [-0.3, -0.25) is 0 Å². The molecule has 0 amide bonds. The van der Waals surface area contributed by atoms with Crippen molar-refractivity contribution >= 4 is 0 Å². The minimum Gasteiger partial charge on any atom is -0.380 e. The van der Waals surface area contributed by atoms with E-state index in [4.69, 9.17) is 10.5 Å². The van der Waals surface area contributed by atoms with E-state index in [1.54, 1.807) is 0 Å². The van der Waals surface area contributed by atoms with Gasteiger partial charge in [0.2, 0.25) is 0 Å². The maximum absolute atomic E-state index is 6.25. The number of nitrogens with two attached hydrogens (primary N) is 1. The van der Waals surface area contributed by atoms with E-state index in [0.29, 0.717) is 6.04 Å². The Kier molecular flexibility index (Phi) is 4.75. The molecular formula is C15H24N2O. The van der Waals surface area contributed by atoms with E-state index < -0.39 is 0 Å². The van der Waals surface area contributed by atoms with Crippen LogP contribution >= 0.6 is 0 Å². The molecule has 0 spiro atoms. The van der Waals surface area contributed by atoms with E-state index in [1.165, 1.54) is 11.1 Å². The largest absolute Gasteiger partial charge is 0.380 e. The molecule has 0 radical (unpaired) electrons. The molecule has 0 bridgehead atoms. The molecule has 100 valence electrons. The highest BCUT2D eigenvalue weighted by Gasteiger charge is 2.20. The van der Waals surface area contributed by atoms with Crippen molar-refractivity contribution in [1.82, 2.24) is 4.90 Å². The van der Waals surface area contributed by atoms with Crippen molar-refractivity contribution in [3.8, 4) is 0 Å². The van der Waals surface area contributed by atoms with Gasteiger partial charge in [-0.2, -0.15) is 0 Å². The first kappa shape index (κ1) is 13.5. The van der Waals surface area contributed by atoms with Gasteiger partial charge in [0.05, 0.1) is 6.61 Å². The van der Waals surface area contributed by atoms with Crippen molar-refractivity contribution in [2.24, 2.45) is 5.73 Å². The van der Waals surface area contributed by atoms with E-state index >= 15 is 0 Å². The summed E-state index contributed by atoms with van der Waals surface area (Å²) in [6.45, 7) is 4.91. The highest BCUT2D eigenvalue weighted by Crippen LogP contribution is 2.17. The van der Waals surface area contributed by atoms with Gasteiger partial charge < -0.3 is 15.4 Å². The number of likely N-dealkylation sites (N-methyl/N-ethyl adjacent to an activating group) is 1. The zero-order valence-electron chi connectivity index (χ0n) is 11.4. The van der Waals surface area contributed by atoms with Crippen LogP contribution in [0.3, 0.4) is 0 Å². The fraction of sp³-hybridized carbons (Fsp3) is 0.600. The van der Waals surface area contributed by atoms with E-state index in [-0.39, 0.29) is 6.04 Å². The highest BCUT2D eigenvalue weighted by molar-refractivity contribution is 5.24. The predicted octanol–water partition coefficient (Wildman–Crippen LogP) is 2.11. The second-order valence-corrected chi connectivity index (χ2v) is 5.31. The SMILES string of the molecule is Cc1cccc(C(N)CCN(C)C2CCOC2)c1. The molecule has 3 nitrogen and oxygen atoms in total. The Bertz CT molecular complexity index is 375. The van der Waals surface area contributed by atoms with E-state index in [1.807, 2.05) is 0 Å². The third-order valence-corrected chi connectivity index (χ3v) is 3.79. The zero-order valence-corrected chi connectivity index (χ0v) is 11.4. The molecule has 1 aliphatic heterocycles. The summed E-state index contributed by atoms with van der Waals surface area (Å²) in [5.41, 5.74) is 8.77. The highest BCUT2D eigenvalue weighted by atomic mass is 16.5. The van der Waals surface area contributed by atoms with Crippen molar-refractivity contribution in [3.05, 3.63) is 35.4 Å². The van der Waals surface area contributed by atoms with E-state index in [2.05, 4.69) is 43.1 Å². The van der Waals surface area contributed by atoms with Gasteiger partial charge in [0, 0.05) is 25.2 Å². The second kappa shape index (κ2) is 6.32. The van der Waals surface area contributed by atoms with Gasteiger partial charge in [-0.25, -0.2) is 0 Å². The summed E-state index contributed by atoms with van der Waals surface area (Å²) < 4.78 is 5.41. The Morgan fingerprint density at radius 3 is 3.00 bits per heavy atom. The molecular weight excluding hydrogens is 224 g/mol. The Balaban J connectivity index is 1.82. The number of nitrogens with zero attached hydrogens (tertiary/aromatic N) is 1. The lowest BCUT2D eigenvalue weighted by Gasteiger charge is -2.24. The summed E-state index contributed by atoms with van der Waals surface area (Å²) in [6.07, 6.45) is 2.15. The molecule has 1 aromatic rings. The Morgan fingerprint density at radius 1 is 1.50 bits per heavy atom. The second-order valence-electron chi connectivity index (χ2n) is 5.31. The minimum absolute atomic E-state index is 0.134. The van der Waals surface area contributed by atoms with Crippen LogP contribution in [0.15, 0.2) is 24.3 Å². The van der Waals surface area contributed by atoms with Gasteiger partial charge in [-0.1, -0.05) is 29.8 Å². The van der Waals surface area contributed by atoms with Gasteiger partial charge in [-0.05, 0) is 32.4 Å². The first-order chi connectivity index (χ1) is 8.66. The van der Waals surface area contributed by atoms with Crippen LogP contribution in [-0.4, -0.2) is 37.7 Å². The lowest BCUT2D eigenvalue weighted by atomic mass is 10.0. The summed E-state index contributed by atoms with van der Waals surface area (Å²) >= 11 is 0. The van der Waals surface area contributed by atoms with Crippen LogP contribution in [0.1, 0.15) is 30.0 Å². The number of benzene rings is 1. The maximum atomic E-state index is 6.25. The van der Waals surface area contributed by atoms with Crippen LogP contribution in [0.2, 0.25) is 0 Å². The van der Waals surface area contributed by atoms with E-state index in [0.717, 1.165) is 32.6 Å².